The van der Waals surface area contributed by atoms with Crippen molar-refractivity contribution in [1.82, 2.24) is 4.57 Å². The molecule has 0 saturated heterocycles. The third kappa shape index (κ3) is 4.83. The maximum absolute atomic E-state index is 13.8. The summed E-state index contributed by atoms with van der Waals surface area (Å²) < 4.78 is 46.2. The van der Waals surface area contributed by atoms with Crippen molar-refractivity contribution in [2.45, 2.75) is 32.9 Å². The summed E-state index contributed by atoms with van der Waals surface area (Å²) in [5.74, 6) is 0.288. The molecule has 2 aromatic carbocycles. The number of hydrogen-bond acceptors (Lipinski definition) is 4. The Bertz CT molecular complexity index is 1330. The molecule has 0 bridgehead atoms. The highest BCUT2D eigenvalue weighted by Crippen LogP contribution is 2.39. The first-order valence-electron chi connectivity index (χ1n) is 10.2. The van der Waals surface area contributed by atoms with Crippen LogP contribution in [0.25, 0.3) is 11.1 Å². The SMILES string of the molecule is C=CS(=O)(=O)Cc1cccc(Oc2c(C)cc(F)cc2C)c1-c1cc(CC)c(=O)n(C)c1. The van der Waals surface area contributed by atoms with Crippen molar-refractivity contribution in [2.24, 2.45) is 7.05 Å². The molecule has 7 heteroatoms. The number of pyridine rings is 1. The zero-order valence-corrected chi connectivity index (χ0v) is 19.4. The van der Waals surface area contributed by atoms with Crippen LogP contribution in [0.15, 0.2) is 59.4 Å². The highest BCUT2D eigenvalue weighted by molar-refractivity contribution is 7.93. The second-order valence-electron chi connectivity index (χ2n) is 7.76. The van der Waals surface area contributed by atoms with Gasteiger partial charge in [0.1, 0.15) is 17.3 Å². The summed E-state index contributed by atoms with van der Waals surface area (Å²) in [6.45, 7) is 8.79. The van der Waals surface area contributed by atoms with Crippen LogP contribution in [0.5, 0.6) is 11.5 Å². The van der Waals surface area contributed by atoms with E-state index < -0.39 is 9.84 Å². The lowest BCUT2D eigenvalue weighted by Gasteiger charge is -2.19. The predicted octanol–water partition coefficient (Wildman–Crippen LogP) is 5.22. The molecule has 0 spiro atoms. The standard InChI is InChI=1S/C25H26FNO4S/c1-6-18-13-20(14-27(5)25(18)28)23-19(15-32(29,30)7-2)9-8-10-22(23)31-24-16(3)11-21(26)12-17(24)4/h7-14H,2,6,15H2,1,3-5H3. The Morgan fingerprint density at radius 3 is 2.38 bits per heavy atom. The zero-order chi connectivity index (χ0) is 23.6. The molecule has 3 rings (SSSR count). The van der Waals surface area contributed by atoms with Crippen molar-refractivity contribution in [2.75, 3.05) is 0 Å². The number of halogens is 1. The van der Waals surface area contributed by atoms with E-state index in [1.807, 2.05) is 6.92 Å². The fraction of sp³-hybridized carbons (Fsp3) is 0.240. The van der Waals surface area contributed by atoms with Crippen molar-refractivity contribution in [3.63, 3.8) is 0 Å². The van der Waals surface area contributed by atoms with E-state index in [2.05, 4.69) is 6.58 Å². The van der Waals surface area contributed by atoms with Gasteiger partial charge in [0, 0.05) is 35.3 Å². The van der Waals surface area contributed by atoms with Crippen molar-refractivity contribution in [3.05, 3.63) is 93.0 Å². The van der Waals surface area contributed by atoms with Gasteiger partial charge in [0.2, 0.25) is 0 Å². The first kappa shape index (κ1) is 23.5. The number of aryl methyl sites for hydroxylation is 4. The van der Waals surface area contributed by atoms with Crippen LogP contribution >= 0.6 is 0 Å². The summed E-state index contributed by atoms with van der Waals surface area (Å²) in [5, 5.41) is 0.927. The van der Waals surface area contributed by atoms with E-state index >= 15 is 0 Å². The predicted molar refractivity (Wildman–Crippen MR) is 125 cm³/mol. The minimum atomic E-state index is -3.56. The molecule has 0 aliphatic carbocycles. The molecular formula is C25H26FNO4S. The maximum Gasteiger partial charge on any atom is 0.253 e. The largest absolute Gasteiger partial charge is 0.456 e. The summed E-state index contributed by atoms with van der Waals surface area (Å²) in [6.07, 6.45) is 2.19. The van der Waals surface area contributed by atoms with Gasteiger partial charge in [-0.3, -0.25) is 4.79 Å². The molecule has 1 heterocycles. The van der Waals surface area contributed by atoms with Gasteiger partial charge in [0.05, 0.1) is 5.75 Å². The zero-order valence-electron chi connectivity index (χ0n) is 18.6. The summed E-state index contributed by atoms with van der Waals surface area (Å²) in [4.78, 5) is 12.4. The molecule has 0 radical (unpaired) electrons. The molecule has 0 saturated carbocycles. The number of rotatable bonds is 7. The number of aromatic nitrogens is 1. The summed E-state index contributed by atoms with van der Waals surface area (Å²) >= 11 is 0. The van der Waals surface area contributed by atoms with Gasteiger partial charge in [-0.1, -0.05) is 25.6 Å². The summed E-state index contributed by atoms with van der Waals surface area (Å²) in [6, 6.07) is 9.69. The first-order chi connectivity index (χ1) is 15.1. The molecule has 1 aromatic heterocycles. The average Bonchev–Trinajstić information content (AvgIpc) is 2.72. The van der Waals surface area contributed by atoms with Gasteiger partial charge in [0.25, 0.3) is 5.56 Å². The smallest absolute Gasteiger partial charge is 0.253 e. The van der Waals surface area contributed by atoms with Gasteiger partial charge in [-0.05, 0) is 61.2 Å². The quantitative estimate of drug-likeness (QED) is 0.490. The number of hydrogen-bond donors (Lipinski definition) is 0. The van der Waals surface area contributed by atoms with Crippen LogP contribution in [0.2, 0.25) is 0 Å². The van der Waals surface area contributed by atoms with E-state index in [9.17, 15) is 17.6 Å². The fourth-order valence-corrected chi connectivity index (χ4v) is 4.52. The van der Waals surface area contributed by atoms with E-state index in [0.717, 1.165) is 5.41 Å². The minimum Gasteiger partial charge on any atom is -0.456 e. The van der Waals surface area contributed by atoms with Gasteiger partial charge in [-0.15, -0.1) is 0 Å². The Balaban J connectivity index is 2.29. The third-order valence-corrected chi connectivity index (χ3v) is 6.51. The van der Waals surface area contributed by atoms with E-state index in [1.165, 1.54) is 16.7 Å². The topological polar surface area (TPSA) is 65.4 Å². The van der Waals surface area contributed by atoms with E-state index in [1.54, 1.807) is 51.4 Å². The summed E-state index contributed by atoms with van der Waals surface area (Å²) in [5.41, 5.74) is 3.46. The molecule has 0 unspecified atom stereocenters. The van der Waals surface area contributed by atoms with Crippen molar-refractivity contribution >= 4 is 9.84 Å². The van der Waals surface area contributed by atoms with Crippen LogP contribution in [-0.4, -0.2) is 13.0 Å². The Kier molecular flexibility index (Phi) is 6.69. The number of benzene rings is 2. The number of nitrogens with zero attached hydrogens (tertiary/aromatic N) is 1. The Labute approximate surface area is 187 Å². The summed E-state index contributed by atoms with van der Waals surface area (Å²) in [7, 11) is -1.90. The van der Waals surface area contributed by atoms with Crippen LogP contribution in [0.4, 0.5) is 4.39 Å². The molecule has 0 atom stereocenters. The molecule has 0 aliphatic heterocycles. The first-order valence-corrected chi connectivity index (χ1v) is 11.9. The molecule has 0 fully saturated rings. The minimum absolute atomic E-state index is 0.111. The monoisotopic (exact) mass is 455 g/mol. The van der Waals surface area contributed by atoms with Gasteiger partial charge in [-0.25, -0.2) is 12.8 Å². The molecule has 0 N–H and O–H groups in total. The van der Waals surface area contributed by atoms with Crippen LogP contribution in [-0.2, 0) is 29.1 Å². The molecular weight excluding hydrogens is 429 g/mol. The molecule has 5 nitrogen and oxygen atoms in total. The molecule has 0 aliphatic rings. The lowest BCUT2D eigenvalue weighted by Crippen LogP contribution is -2.20. The lowest BCUT2D eigenvalue weighted by molar-refractivity contribution is 0.473. The Hall–Kier alpha value is -3.19. The highest BCUT2D eigenvalue weighted by atomic mass is 32.2. The second kappa shape index (κ2) is 9.12. The molecule has 3 aromatic rings. The van der Waals surface area contributed by atoms with E-state index in [-0.39, 0.29) is 17.1 Å². The van der Waals surface area contributed by atoms with Crippen molar-refractivity contribution in [3.8, 4) is 22.6 Å². The van der Waals surface area contributed by atoms with E-state index in [0.29, 0.717) is 51.3 Å². The second-order valence-corrected chi connectivity index (χ2v) is 9.71. The molecule has 168 valence electrons. The third-order valence-electron chi connectivity index (χ3n) is 5.29. The lowest BCUT2D eigenvalue weighted by atomic mass is 9.98. The van der Waals surface area contributed by atoms with Crippen molar-refractivity contribution < 1.29 is 17.5 Å². The van der Waals surface area contributed by atoms with Gasteiger partial charge in [0.15, 0.2) is 9.84 Å². The molecule has 32 heavy (non-hydrogen) atoms. The van der Waals surface area contributed by atoms with E-state index in [4.69, 9.17) is 4.74 Å². The van der Waals surface area contributed by atoms with Crippen LogP contribution < -0.4 is 10.3 Å². The Morgan fingerprint density at radius 1 is 1.12 bits per heavy atom. The Morgan fingerprint density at radius 2 is 1.78 bits per heavy atom. The van der Waals surface area contributed by atoms with Crippen LogP contribution in [0.3, 0.4) is 0 Å². The normalized spacial score (nSPS) is 11.4. The van der Waals surface area contributed by atoms with Gasteiger partial charge < -0.3 is 9.30 Å². The van der Waals surface area contributed by atoms with Gasteiger partial charge in [-0.2, -0.15) is 0 Å². The fourth-order valence-electron chi connectivity index (χ4n) is 3.72. The maximum atomic E-state index is 13.8. The average molecular weight is 456 g/mol. The van der Waals surface area contributed by atoms with Crippen molar-refractivity contribution in [1.29, 1.82) is 0 Å². The highest BCUT2D eigenvalue weighted by Gasteiger charge is 2.20. The molecule has 0 amide bonds. The number of ether oxygens (including phenoxy) is 1. The van der Waals surface area contributed by atoms with Crippen LogP contribution in [0.1, 0.15) is 29.2 Å². The van der Waals surface area contributed by atoms with Gasteiger partial charge >= 0.3 is 0 Å². The number of sulfone groups is 1. The van der Waals surface area contributed by atoms with Crippen LogP contribution in [0, 0.1) is 19.7 Å².